The van der Waals surface area contributed by atoms with Crippen molar-refractivity contribution in [2.24, 2.45) is 0 Å². The maximum absolute atomic E-state index is 13.2. The van der Waals surface area contributed by atoms with Crippen molar-refractivity contribution in [3.63, 3.8) is 0 Å². The van der Waals surface area contributed by atoms with Crippen molar-refractivity contribution in [3.05, 3.63) is 70.2 Å². The molecule has 0 nitrogen and oxygen atoms in total. The van der Waals surface area contributed by atoms with Gasteiger partial charge in [0.05, 0.1) is 0 Å². The first-order valence-corrected chi connectivity index (χ1v) is 8.94. The van der Waals surface area contributed by atoms with Crippen LogP contribution in [0.3, 0.4) is 0 Å². The highest BCUT2D eigenvalue weighted by Crippen LogP contribution is 2.28. The van der Waals surface area contributed by atoms with E-state index in [1.807, 2.05) is 13.0 Å². The van der Waals surface area contributed by atoms with E-state index < -0.39 is 5.92 Å². The van der Waals surface area contributed by atoms with Gasteiger partial charge in [0.1, 0.15) is 0 Å². The third-order valence-corrected chi connectivity index (χ3v) is 4.25. The molecule has 24 heavy (non-hydrogen) atoms. The van der Waals surface area contributed by atoms with Crippen LogP contribution in [-0.2, 0) is 12.3 Å². The third kappa shape index (κ3) is 6.64. The molecule has 0 aliphatic carbocycles. The fourth-order valence-electron chi connectivity index (χ4n) is 2.73. The number of rotatable bonds is 9. The van der Waals surface area contributed by atoms with Crippen LogP contribution in [0.5, 0.6) is 0 Å². The van der Waals surface area contributed by atoms with Crippen LogP contribution in [0.25, 0.3) is 0 Å². The molecule has 1 rings (SSSR count). The van der Waals surface area contributed by atoms with Crippen LogP contribution in [0.15, 0.2) is 59.0 Å². The highest BCUT2D eigenvalue weighted by Gasteiger charge is 2.23. The molecule has 132 valence electrons. The summed E-state index contributed by atoms with van der Waals surface area (Å²) < 4.78 is 26.5. The van der Waals surface area contributed by atoms with Gasteiger partial charge in [0.15, 0.2) is 0 Å². The molecule has 0 aliphatic rings. The zero-order chi connectivity index (χ0) is 18.2. The largest absolute Gasteiger partial charge is 0.270 e. The number of hydrogen-bond donors (Lipinski definition) is 1. The van der Waals surface area contributed by atoms with E-state index in [2.05, 4.69) is 32.2 Å². The van der Waals surface area contributed by atoms with Gasteiger partial charge in [-0.25, -0.2) is 8.78 Å². The van der Waals surface area contributed by atoms with E-state index in [1.165, 1.54) is 23.3 Å². The second kappa shape index (κ2) is 9.83. The predicted molar refractivity (Wildman–Crippen MR) is 104 cm³/mol. The lowest BCUT2D eigenvalue weighted by molar-refractivity contribution is 0.0174. The second-order valence-corrected chi connectivity index (χ2v) is 6.68. The van der Waals surface area contributed by atoms with Crippen molar-refractivity contribution in [2.75, 3.05) is 0 Å². The number of benzene rings is 1. The highest BCUT2D eigenvalue weighted by molar-refractivity contribution is 7.84. The zero-order valence-electron chi connectivity index (χ0n) is 14.9. The summed E-state index contributed by atoms with van der Waals surface area (Å²) in [6.07, 6.45) is 8.98. The van der Waals surface area contributed by atoms with E-state index in [9.17, 15) is 8.78 Å². The van der Waals surface area contributed by atoms with E-state index in [4.69, 9.17) is 0 Å². The number of halogens is 2. The SMILES string of the molecule is C=C(S)/C(CCCc1ccc(C(C)(F)F)cc1)=C(\C=C/C)CCC. The van der Waals surface area contributed by atoms with Crippen LogP contribution >= 0.6 is 12.6 Å². The summed E-state index contributed by atoms with van der Waals surface area (Å²) in [7, 11) is 0. The highest BCUT2D eigenvalue weighted by atomic mass is 32.1. The summed E-state index contributed by atoms with van der Waals surface area (Å²) in [4.78, 5) is 0.817. The van der Waals surface area contributed by atoms with Gasteiger partial charge in [-0.1, -0.05) is 56.3 Å². The van der Waals surface area contributed by atoms with E-state index in [-0.39, 0.29) is 5.56 Å². The summed E-state index contributed by atoms with van der Waals surface area (Å²) in [6.45, 7) is 9.09. The molecular weight excluding hydrogens is 322 g/mol. The minimum absolute atomic E-state index is 0.0638. The average Bonchev–Trinajstić information content (AvgIpc) is 2.51. The van der Waals surface area contributed by atoms with Gasteiger partial charge in [-0.2, -0.15) is 0 Å². The first kappa shape index (κ1) is 20.7. The lowest BCUT2D eigenvalue weighted by atomic mass is 9.96. The Morgan fingerprint density at radius 1 is 1.21 bits per heavy atom. The summed E-state index contributed by atoms with van der Waals surface area (Å²) in [5, 5.41) is 0. The fourth-order valence-corrected chi connectivity index (χ4v) is 2.98. The van der Waals surface area contributed by atoms with Crippen molar-refractivity contribution < 1.29 is 8.78 Å². The van der Waals surface area contributed by atoms with Crippen LogP contribution in [0.1, 0.15) is 57.6 Å². The summed E-state index contributed by atoms with van der Waals surface area (Å²) >= 11 is 4.45. The lowest BCUT2D eigenvalue weighted by Gasteiger charge is -2.13. The Labute approximate surface area is 150 Å². The molecular formula is C21H28F2S. The van der Waals surface area contributed by atoms with E-state index in [1.54, 1.807) is 12.1 Å². The Hall–Kier alpha value is -1.35. The monoisotopic (exact) mass is 350 g/mol. The number of thiol groups is 1. The molecule has 3 heteroatoms. The molecule has 0 aromatic heterocycles. The molecule has 0 N–H and O–H groups in total. The minimum atomic E-state index is -2.78. The van der Waals surface area contributed by atoms with Crippen molar-refractivity contribution in [1.29, 1.82) is 0 Å². The Kier molecular flexibility index (Phi) is 8.47. The molecule has 1 aromatic carbocycles. The average molecular weight is 351 g/mol. The summed E-state index contributed by atoms with van der Waals surface area (Å²) in [5.41, 5.74) is 3.64. The van der Waals surface area contributed by atoms with Gasteiger partial charge < -0.3 is 0 Å². The van der Waals surface area contributed by atoms with Crippen molar-refractivity contribution >= 4 is 12.6 Å². The maximum Gasteiger partial charge on any atom is 0.270 e. The Morgan fingerprint density at radius 3 is 2.29 bits per heavy atom. The second-order valence-electron chi connectivity index (χ2n) is 6.14. The van der Waals surface area contributed by atoms with Gasteiger partial charge in [0.2, 0.25) is 0 Å². The fraction of sp³-hybridized carbons (Fsp3) is 0.429. The molecule has 0 aliphatic heterocycles. The number of allylic oxidation sites excluding steroid dienone is 4. The van der Waals surface area contributed by atoms with Gasteiger partial charge in [0.25, 0.3) is 5.92 Å². The van der Waals surface area contributed by atoms with Crippen LogP contribution in [0.4, 0.5) is 8.78 Å². The van der Waals surface area contributed by atoms with Gasteiger partial charge in [-0.05, 0) is 49.3 Å². The van der Waals surface area contributed by atoms with Gasteiger partial charge in [0, 0.05) is 17.4 Å². The molecule has 0 fully saturated rings. The molecule has 0 saturated carbocycles. The third-order valence-electron chi connectivity index (χ3n) is 3.98. The molecule has 0 heterocycles. The Bertz CT molecular complexity index is 589. The summed E-state index contributed by atoms with van der Waals surface area (Å²) in [6, 6.07) is 6.63. The molecule has 0 atom stereocenters. The molecule has 1 aromatic rings. The van der Waals surface area contributed by atoms with E-state index in [0.717, 1.165) is 49.5 Å². The zero-order valence-corrected chi connectivity index (χ0v) is 15.8. The molecule has 0 spiro atoms. The maximum atomic E-state index is 13.2. The van der Waals surface area contributed by atoms with Crippen LogP contribution < -0.4 is 0 Å². The minimum Gasteiger partial charge on any atom is -0.202 e. The predicted octanol–water partition coefficient (Wildman–Crippen LogP) is 7.24. The van der Waals surface area contributed by atoms with Crippen molar-refractivity contribution in [3.8, 4) is 0 Å². The van der Waals surface area contributed by atoms with Crippen molar-refractivity contribution in [2.45, 2.75) is 58.8 Å². The molecule has 0 unspecified atom stereocenters. The lowest BCUT2D eigenvalue weighted by Crippen LogP contribution is -2.06. The van der Waals surface area contributed by atoms with Gasteiger partial charge in [-0.3, -0.25) is 0 Å². The Morgan fingerprint density at radius 2 is 1.83 bits per heavy atom. The topological polar surface area (TPSA) is 0 Å². The molecule has 0 amide bonds. The normalized spacial score (nSPS) is 13.2. The first-order valence-electron chi connectivity index (χ1n) is 8.49. The molecule has 0 radical (unpaired) electrons. The smallest absolute Gasteiger partial charge is 0.202 e. The van der Waals surface area contributed by atoms with Gasteiger partial charge >= 0.3 is 0 Å². The van der Waals surface area contributed by atoms with Crippen LogP contribution in [0, 0.1) is 0 Å². The van der Waals surface area contributed by atoms with E-state index in [0.29, 0.717) is 0 Å². The van der Waals surface area contributed by atoms with E-state index >= 15 is 0 Å². The van der Waals surface area contributed by atoms with Crippen LogP contribution in [0.2, 0.25) is 0 Å². The standard InChI is InChI=1S/C21H28F2S/c1-5-8-18(9-6-2)20(16(3)24)11-7-10-17-12-14-19(15-13-17)21(4,22)23/h5,8,12-15,24H,3,6-7,9-11H2,1-2,4H3/b8-5-,20-18+. The quantitative estimate of drug-likeness (QED) is 0.352. The Balaban J connectivity index is 2.75. The first-order chi connectivity index (χ1) is 11.3. The summed E-state index contributed by atoms with van der Waals surface area (Å²) in [5.74, 6) is -2.78. The molecule has 0 bridgehead atoms. The van der Waals surface area contributed by atoms with Gasteiger partial charge in [-0.15, -0.1) is 12.6 Å². The molecule has 0 saturated heterocycles. The number of hydrogen-bond acceptors (Lipinski definition) is 1. The van der Waals surface area contributed by atoms with Crippen LogP contribution in [-0.4, -0.2) is 0 Å². The number of alkyl halides is 2. The van der Waals surface area contributed by atoms with Crippen molar-refractivity contribution in [1.82, 2.24) is 0 Å². The number of aryl methyl sites for hydroxylation is 1.